The van der Waals surface area contributed by atoms with Crippen LogP contribution >= 0.6 is 0 Å². The third kappa shape index (κ3) is 2.40. The van der Waals surface area contributed by atoms with E-state index >= 15 is 0 Å². The number of aromatic nitrogens is 6. The molecule has 0 aliphatic carbocycles. The molecule has 0 unspecified atom stereocenters. The van der Waals surface area contributed by atoms with Crippen LogP contribution in [-0.2, 0) is 13.0 Å². The van der Waals surface area contributed by atoms with Crippen LogP contribution in [0.5, 0.6) is 0 Å². The first-order valence-electron chi connectivity index (χ1n) is 8.33. The predicted molar refractivity (Wildman–Crippen MR) is 91.8 cm³/mol. The average Bonchev–Trinajstić information content (AvgIpc) is 3.30. The van der Waals surface area contributed by atoms with E-state index in [0.717, 1.165) is 36.4 Å². The van der Waals surface area contributed by atoms with Crippen molar-refractivity contribution in [2.24, 2.45) is 0 Å². The van der Waals surface area contributed by atoms with E-state index in [1.807, 2.05) is 41.6 Å². The summed E-state index contributed by atoms with van der Waals surface area (Å²) in [6, 6.07) is 6.13. The first-order chi connectivity index (χ1) is 12.4. The smallest absolute Gasteiger partial charge is 0.159 e. The van der Waals surface area contributed by atoms with Crippen LogP contribution in [0, 0.1) is 0 Å². The number of nitrogens with zero attached hydrogens (tertiary/aromatic N) is 6. The number of aromatic amines is 1. The van der Waals surface area contributed by atoms with Gasteiger partial charge in [0.25, 0.3) is 0 Å². The van der Waals surface area contributed by atoms with Gasteiger partial charge in [0.05, 0.1) is 24.3 Å². The first kappa shape index (κ1) is 14.3. The molecule has 0 bridgehead atoms. The summed E-state index contributed by atoms with van der Waals surface area (Å²) in [4.78, 5) is 19.0. The molecule has 1 aliphatic heterocycles. The standard InChI is InChI=1S/C18H17N7/c1-5-20-18-14(10-23-25(18)8-1)11-24-9-4-15-16(22-12-21-15)17(24)13-2-6-19-7-3-13/h1-3,5-8,10,12,17H,4,9,11H2,(H,21,22)/t17-/m0/s1. The van der Waals surface area contributed by atoms with Crippen LogP contribution in [-0.4, -0.2) is 41.0 Å². The molecule has 124 valence electrons. The molecular weight excluding hydrogens is 314 g/mol. The number of fused-ring (bicyclic) bond motifs is 2. The number of imidazole rings is 1. The molecule has 0 aromatic carbocycles. The van der Waals surface area contributed by atoms with Crippen molar-refractivity contribution in [3.05, 3.63) is 78.0 Å². The van der Waals surface area contributed by atoms with Crippen LogP contribution in [0.15, 0.2) is 55.5 Å². The van der Waals surface area contributed by atoms with E-state index < -0.39 is 0 Å². The number of nitrogens with one attached hydrogen (secondary N) is 1. The van der Waals surface area contributed by atoms with E-state index in [9.17, 15) is 0 Å². The fourth-order valence-electron chi connectivity index (χ4n) is 3.62. The summed E-state index contributed by atoms with van der Waals surface area (Å²) in [6.07, 6.45) is 12.1. The van der Waals surface area contributed by atoms with Gasteiger partial charge >= 0.3 is 0 Å². The molecule has 7 heteroatoms. The lowest BCUT2D eigenvalue weighted by Gasteiger charge is -2.34. The zero-order valence-corrected chi connectivity index (χ0v) is 13.6. The number of H-pyrrole nitrogens is 1. The van der Waals surface area contributed by atoms with Crippen LogP contribution in [0.2, 0.25) is 0 Å². The molecule has 1 aliphatic rings. The van der Waals surface area contributed by atoms with Crippen LogP contribution in [0.4, 0.5) is 0 Å². The Kier molecular flexibility index (Phi) is 3.31. The molecule has 5 rings (SSSR count). The number of hydrogen-bond acceptors (Lipinski definition) is 5. The summed E-state index contributed by atoms with van der Waals surface area (Å²) < 4.78 is 1.82. The molecule has 5 heterocycles. The van der Waals surface area contributed by atoms with E-state index in [0.29, 0.717) is 0 Å². The topological polar surface area (TPSA) is 75.0 Å². The molecule has 7 nitrogen and oxygen atoms in total. The van der Waals surface area contributed by atoms with Gasteiger partial charge in [-0.3, -0.25) is 9.88 Å². The Hall–Kier alpha value is -3.06. The average molecular weight is 331 g/mol. The van der Waals surface area contributed by atoms with E-state index in [-0.39, 0.29) is 6.04 Å². The maximum absolute atomic E-state index is 4.60. The zero-order chi connectivity index (χ0) is 16.6. The minimum atomic E-state index is 0.108. The monoisotopic (exact) mass is 331 g/mol. The van der Waals surface area contributed by atoms with Crippen LogP contribution < -0.4 is 0 Å². The highest BCUT2D eigenvalue weighted by molar-refractivity contribution is 5.46. The summed E-state index contributed by atoms with van der Waals surface area (Å²) >= 11 is 0. The SMILES string of the molecule is c1cnc2c(CN3CCc4[nH]cnc4[C@@H]3c3ccncc3)cnn2c1. The van der Waals surface area contributed by atoms with E-state index in [4.69, 9.17) is 0 Å². The zero-order valence-electron chi connectivity index (χ0n) is 13.6. The Morgan fingerprint density at radius 2 is 2.08 bits per heavy atom. The molecule has 25 heavy (non-hydrogen) atoms. The van der Waals surface area contributed by atoms with Gasteiger partial charge in [0.1, 0.15) is 0 Å². The minimum Gasteiger partial charge on any atom is -0.348 e. The Bertz CT molecular complexity index is 1000. The van der Waals surface area contributed by atoms with Crippen molar-refractivity contribution in [3.8, 4) is 0 Å². The third-order valence-electron chi connectivity index (χ3n) is 4.77. The number of hydrogen-bond donors (Lipinski definition) is 1. The van der Waals surface area contributed by atoms with Crippen molar-refractivity contribution >= 4 is 5.65 Å². The van der Waals surface area contributed by atoms with Gasteiger partial charge in [0.15, 0.2) is 5.65 Å². The largest absolute Gasteiger partial charge is 0.348 e. The Balaban J connectivity index is 1.55. The highest BCUT2D eigenvalue weighted by Gasteiger charge is 2.31. The Morgan fingerprint density at radius 3 is 3.00 bits per heavy atom. The molecule has 4 aromatic heterocycles. The lowest BCUT2D eigenvalue weighted by molar-refractivity contribution is 0.201. The summed E-state index contributed by atoms with van der Waals surface area (Å²) in [6.45, 7) is 1.73. The highest BCUT2D eigenvalue weighted by Crippen LogP contribution is 2.34. The van der Waals surface area contributed by atoms with Gasteiger partial charge in [-0.2, -0.15) is 5.10 Å². The lowest BCUT2D eigenvalue weighted by Crippen LogP contribution is -2.35. The van der Waals surface area contributed by atoms with E-state index in [1.165, 1.54) is 11.3 Å². The second-order valence-corrected chi connectivity index (χ2v) is 6.23. The quantitative estimate of drug-likeness (QED) is 0.621. The maximum Gasteiger partial charge on any atom is 0.159 e. The van der Waals surface area contributed by atoms with Crippen LogP contribution in [0.1, 0.15) is 28.6 Å². The molecule has 0 radical (unpaired) electrons. The minimum absolute atomic E-state index is 0.108. The molecule has 0 spiro atoms. The van der Waals surface area contributed by atoms with E-state index in [2.05, 4.69) is 42.1 Å². The highest BCUT2D eigenvalue weighted by atomic mass is 15.3. The van der Waals surface area contributed by atoms with Crippen LogP contribution in [0.3, 0.4) is 0 Å². The van der Waals surface area contributed by atoms with Crippen molar-refractivity contribution in [3.63, 3.8) is 0 Å². The van der Waals surface area contributed by atoms with Crippen molar-refractivity contribution in [2.75, 3.05) is 6.54 Å². The van der Waals surface area contributed by atoms with Crippen LogP contribution in [0.25, 0.3) is 5.65 Å². The number of rotatable bonds is 3. The molecular formula is C18H17N7. The summed E-state index contributed by atoms with van der Waals surface area (Å²) in [5.41, 5.74) is 5.55. The fraction of sp³-hybridized carbons (Fsp3) is 0.222. The van der Waals surface area contributed by atoms with Gasteiger partial charge in [0, 0.05) is 55.6 Å². The predicted octanol–water partition coefficient (Wildman–Crippen LogP) is 2.00. The second kappa shape index (κ2) is 5.78. The van der Waals surface area contributed by atoms with Crippen molar-refractivity contribution < 1.29 is 0 Å². The summed E-state index contributed by atoms with van der Waals surface area (Å²) in [5, 5.41) is 4.41. The molecule has 0 amide bonds. The third-order valence-corrected chi connectivity index (χ3v) is 4.77. The maximum atomic E-state index is 4.60. The number of pyridine rings is 1. The van der Waals surface area contributed by atoms with Crippen molar-refractivity contribution in [1.29, 1.82) is 0 Å². The van der Waals surface area contributed by atoms with Gasteiger partial charge < -0.3 is 4.98 Å². The Labute approximate surface area is 144 Å². The summed E-state index contributed by atoms with van der Waals surface area (Å²) in [5.74, 6) is 0. The van der Waals surface area contributed by atoms with Gasteiger partial charge in [-0.05, 0) is 23.8 Å². The van der Waals surface area contributed by atoms with E-state index in [1.54, 1.807) is 6.33 Å². The first-order valence-corrected chi connectivity index (χ1v) is 8.33. The van der Waals surface area contributed by atoms with Crippen molar-refractivity contribution in [1.82, 2.24) is 34.4 Å². The van der Waals surface area contributed by atoms with Gasteiger partial charge in [-0.15, -0.1) is 0 Å². The molecule has 4 aromatic rings. The van der Waals surface area contributed by atoms with Gasteiger partial charge in [-0.25, -0.2) is 14.5 Å². The fourth-order valence-corrected chi connectivity index (χ4v) is 3.62. The van der Waals surface area contributed by atoms with Gasteiger partial charge in [-0.1, -0.05) is 0 Å². The summed E-state index contributed by atoms with van der Waals surface area (Å²) in [7, 11) is 0. The Morgan fingerprint density at radius 1 is 1.16 bits per heavy atom. The molecule has 1 atom stereocenters. The second-order valence-electron chi connectivity index (χ2n) is 6.23. The molecule has 0 saturated carbocycles. The van der Waals surface area contributed by atoms with Crippen molar-refractivity contribution in [2.45, 2.75) is 19.0 Å². The molecule has 0 fully saturated rings. The van der Waals surface area contributed by atoms with Gasteiger partial charge in [0.2, 0.25) is 0 Å². The lowest BCUT2D eigenvalue weighted by atomic mass is 9.96. The normalized spacial score (nSPS) is 17.7. The molecule has 0 saturated heterocycles. The molecule has 1 N–H and O–H groups in total.